The summed E-state index contributed by atoms with van der Waals surface area (Å²) in [4.78, 5) is 22.7. The minimum atomic E-state index is -4.40. The molecule has 0 radical (unpaired) electrons. The highest BCUT2D eigenvalue weighted by Crippen LogP contribution is 2.29. The van der Waals surface area contributed by atoms with Crippen LogP contribution in [0.3, 0.4) is 0 Å². The highest BCUT2D eigenvalue weighted by molar-refractivity contribution is 9.10. The quantitative estimate of drug-likeness (QED) is 0.395. The Hall–Kier alpha value is -3.24. The number of rotatable bonds is 7. The lowest BCUT2D eigenvalue weighted by atomic mass is 10.3. The van der Waals surface area contributed by atoms with Crippen molar-refractivity contribution in [1.82, 2.24) is 0 Å². The maximum absolute atomic E-state index is 13.3. The van der Waals surface area contributed by atoms with Gasteiger partial charge in [-0.3, -0.25) is 19.2 Å². The number of nitro benzene ring substituents is 1. The molecule has 0 bridgehead atoms. The summed E-state index contributed by atoms with van der Waals surface area (Å²) >= 11 is 3.30. The van der Waals surface area contributed by atoms with E-state index < -0.39 is 38.0 Å². The molecule has 3 rings (SSSR count). The Kier molecular flexibility index (Phi) is 6.48. The molecule has 3 aromatic rings. The number of sulfonamides is 1. The summed E-state index contributed by atoms with van der Waals surface area (Å²) < 4.78 is 28.3. The van der Waals surface area contributed by atoms with E-state index in [1.165, 1.54) is 24.3 Å². The molecule has 0 atom stereocenters. The standard InChI is InChI=1S/C20H16BrN3O5S/c21-15-10-12-16(13-11-15)22-20(25)14-23(17-6-2-1-3-7-17)30(28,29)19-9-5-4-8-18(19)24(26)27/h1-13H,14H2,(H,22,25). The summed E-state index contributed by atoms with van der Waals surface area (Å²) in [6.07, 6.45) is 0. The fraction of sp³-hybridized carbons (Fsp3) is 0.0500. The van der Waals surface area contributed by atoms with Crippen LogP contribution in [0.2, 0.25) is 0 Å². The number of nitrogens with zero attached hydrogens (tertiary/aromatic N) is 2. The lowest BCUT2D eigenvalue weighted by molar-refractivity contribution is -0.387. The summed E-state index contributed by atoms with van der Waals surface area (Å²) in [5.74, 6) is -0.594. The van der Waals surface area contributed by atoms with E-state index in [0.717, 1.165) is 20.9 Å². The van der Waals surface area contributed by atoms with Gasteiger partial charge in [-0.05, 0) is 42.5 Å². The summed E-state index contributed by atoms with van der Waals surface area (Å²) in [5.41, 5.74) is 0.132. The van der Waals surface area contributed by atoms with Gasteiger partial charge in [-0.1, -0.05) is 46.3 Å². The predicted molar refractivity (Wildman–Crippen MR) is 117 cm³/mol. The van der Waals surface area contributed by atoms with Crippen molar-refractivity contribution >= 4 is 48.9 Å². The summed E-state index contributed by atoms with van der Waals surface area (Å²) in [7, 11) is -4.40. The Morgan fingerprint density at radius 2 is 1.57 bits per heavy atom. The second kappa shape index (κ2) is 9.06. The van der Waals surface area contributed by atoms with Crippen LogP contribution in [0.5, 0.6) is 0 Å². The molecule has 1 N–H and O–H groups in total. The van der Waals surface area contributed by atoms with Crippen molar-refractivity contribution in [3.05, 3.63) is 93.4 Å². The van der Waals surface area contributed by atoms with Crippen LogP contribution in [0.25, 0.3) is 0 Å². The van der Waals surface area contributed by atoms with Crippen LogP contribution in [0, 0.1) is 10.1 Å². The molecule has 0 unspecified atom stereocenters. The molecule has 0 aliphatic carbocycles. The average Bonchev–Trinajstić information content (AvgIpc) is 2.74. The number of hydrogen-bond donors (Lipinski definition) is 1. The van der Waals surface area contributed by atoms with Gasteiger partial charge in [-0.25, -0.2) is 8.42 Å². The van der Waals surface area contributed by atoms with Crippen LogP contribution in [0.4, 0.5) is 17.1 Å². The van der Waals surface area contributed by atoms with Crippen LogP contribution in [-0.2, 0) is 14.8 Å². The highest BCUT2D eigenvalue weighted by atomic mass is 79.9. The third-order valence-corrected chi connectivity index (χ3v) is 6.44. The molecule has 0 aliphatic heterocycles. The SMILES string of the molecule is O=C(CN(c1ccccc1)S(=O)(=O)c1ccccc1[N+](=O)[O-])Nc1ccc(Br)cc1. The van der Waals surface area contributed by atoms with Gasteiger partial charge in [0.05, 0.1) is 10.6 Å². The van der Waals surface area contributed by atoms with Crippen molar-refractivity contribution in [2.75, 3.05) is 16.2 Å². The molecule has 0 saturated heterocycles. The number of halogens is 1. The van der Waals surface area contributed by atoms with Crippen molar-refractivity contribution in [3.8, 4) is 0 Å². The molecule has 0 aromatic heterocycles. The minimum Gasteiger partial charge on any atom is -0.325 e. The van der Waals surface area contributed by atoms with Crippen LogP contribution < -0.4 is 9.62 Å². The number of anilines is 2. The van der Waals surface area contributed by atoms with Gasteiger partial charge in [-0.15, -0.1) is 0 Å². The molecule has 0 heterocycles. The zero-order valence-corrected chi connectivity index (χ0v) is 17.8. The number of nitrogens with one attached hydrogen (secondary N) is 1. The maximum atomic E-state index is 13.3. The molecule has 0 saturated carbocycles. The molecule has 0 spiro atoms. The third-order valence-electron chi connectivity index (χ3n) is 4.09. The molecule has 3 aromatic carbocycles. The Labute approximate surface area is 181 Å². The molecular weight excluding hydrogens is 474 g/mol. The van der Waals surface area contributed by atoms with Crippen LogP contribution in [0.15, 0.2) is 88.2 Å². The lowest BCUT2D eigenvalue weighted by Crippen LogP contribution is -2.38. The van der Waals surface area contributed by atoms with Gasteiger partial charge in [0.1, 0.15) is 6.54 Å². The summed E-state index contributed by atoms with van der Waals surface area (Å²) in [6.45, 7) is -0.561. The minimum absolute atomic E-state index is 0.210. The summed E-state index contributed by atoms with van der Waals surface area (Å²) in [6, 6.07) is 19.8. The fourth-order valence-electron chi connectivity index (χ4n) is 2.72. The Bertz CT molecular complexity index is 1170. The number of nitro groups is 1. The van der Waals surface area contributed by atoms with Crippen molar-refractivity contribution < 1.29 is 18.1 Å². The largest absolute Gasteiger partial charge is 0.325 e. The third kappa shape index (κ3) is 4.84. The van der Waals surface area contributed by atoms with Crippen molar-refractivity contribution in [2.24, 2.45) is 0 Å². The highest BCUT2D eigenvalue weighted by Gasteiger charge is 2.33. The molecule has 30 heavy (non-hydrogen) atoms. The van der Waals surface area contributed by atoms with Crippen LogP contribution in [0.1, 0.15) is 0 Å². The topological polar surface area (TPSA) is 110 Å². The number of amides is 1. The lowest BCUT2D eigenvalue weighted by Gasteiger charge is -2.24. The zero-order valence-electron chi connectivity index (χ0n) is 15.4. The number of carbonyl (C=O) groups excluding carboxylic acids is 1. The average molecular weight is 490 g/mol. The Morgan fingerprint density at radius 1 is 0.967 bits per heavy atom. The fourth-order valence-corrected chi connectivity index (χ4v) is 4.56. The van der Waals surface area contributed by atoms with Crippen LogP contribution in [-0.4, -0.2) is 25.8 Å². The van der Waals surface area contributed by atoms with E-state index in [9.17, 15) is 23.3 Å². The monoisotopic (exact) mass is 489 g/mol. The van der Waals surface area contributed by atoms with Crippen molar-refractivity contribution in [1.29, 1.82) is 0 Å². The van der Waals surface area contributed by atoms with E-state index >= 15 is 0 Å². The zero-order chi connectivity index (χ0) is 21.7. The second-order valence-electron chi connectivity index (χ2n) is 6.13. The maximum Gasteiger partial charge on any atom is 0.289 e. The predicted octanol–water partition coefficient (Wildman–Crippen LogP) is 4.19. The normalized spacial score (nSPS) is 11.0. The molecule has 0 aliphatic rings. The van der Waals surface area contributed by atoms with Gasteiger partial charge < -0.3 is 5.32 Å². The van der Waals surface area contributed by atoms with E-state index in [-0.39, 0.29) is 5.69 Å². The van der Waals surface area contributed by atoms with E-state index in [1.807, 2.05) is 0 Å². The number of carbonyl (C=O) groups is 1. The van der Waals surface area contributed by atoms with Crippen molar-refractivity contribution in [3.63, 3.8) is 0 Å². The first kappa shape index (κ1) is 21.5. The second-order valence-corrected chi connectivity index (χ2v) is 8.87. The van der Waals surface area contributed by atoms with Gasteiger partial charge in [0.2, 0.25) is 5.91 Å². The van der Waals surface area contributed by atoms with Crippen LogP contribution >= 0.6 is 15.9 Å². The molecule has 8 nitrogen and oxygen atoms in total. The summed E-state index contributed by atoms with van der Waals surface area (Å²) in [5, 5.41) is 14.0. The molecule has 10 heteroatoms. The van der Waals surface area contributed by atoms with Gasteiger partial charge in [0, 0.05) is 16.2 Å². The Morgan fingerprint density at radius 3 is 2.20 bits per heavy atom. The first-order valence-corrected chi connectivity index (χ1v) is 10.9. The van der Waals surface area contributed by atoms with E-state index in [4.69, 9.17) is 0 Å². The molecular formula is C20H16BrN3O5S. The van der Waals surface area contributed by atoms with Gasteiger partial charge >= 0.3 is 0 Å². The van der Waals surface area contributed by atoms with E-state index in [0.29, 0.717) is 5.69 Å². The number of hydrogen-bond acceptors (Lipinski definition) is 5. The van der Waals surface area contributed by atoms with E-state index in [2.05, 4.69) is 21.2 Å². The Balaban J connectivity index is 1.98. The smallest absolute Gasteiger partial charge is 0.289 e. The number of para-hydroxylation sites is 2. The number of benzene rings is 3. The molecule has 154 valence electrons. The van der Waals surface area contributed by atoms with Gasteiger partial charge in [0.15, 0.2) is 4.90 Å². The van der Waals surface area contributed by atoms with Crippen molar-refractivity contribution in [2.45, 2.75) is 4.90 Å². The molecule has 0 fully saturated rings. The first-order valence-electron chi connectivity index (χ1n) is 8.65. The van der Waals surface area contributed by atoms with Gasteiger partial charge in [0.25, 0.3) is 15.7 Å². The first-order chi connectivity index (χ1) is 14.3. The van der Waals surface area contributed by atoms with E-state index in [1.54, 1.807) is 42.5 Å². The van der Waals surface area contributed by atoms with Gasteiger partial charge in [-0.2, -0.15) is 0 Å². The molecule has 1 amide bonds.